The van der Waals surface area contributed by atoms with Crippen LogP contribution in [0, 0.1) is 0 Å². The van der Waals surface area contributed by atoms with Crippen molar-refractivity contribution in [3.05, 3.63) is 22.4 Å². The summed E-state index contributed by atoms with van der Waals surface area (Å²) in [6, 6.07) is 4.07. The van der Waals surface area contributed by atoms with Gasteiger partial charge in [0.15, 0.2) is 0 Å². The van der Waals surface area contributed by atoms with Crippen LogP contribution in [-0.2, 0) is 0 Å². The molecule has 0 radical (unpaired) electrons. The average Bonchev–Trinajstić information content (AvgIpc) is 2.69. The summed E-state index contributed by atoms with van der Waals surface area (Å²) in [5, 5.41) is 10.6. The molecular formula is C9H15N3OS. The molecule has 0 aliphatic carbocycles. The van der Waals surface area contributed by atoms with E-state index in [1.807, 2.05) is 23.0 Å². The molecule has 1 heterocycles. The van der Waals surface area contributed by atoms with E-state index in [-0.39, 0.29) is 12.0 Å². The Hall–Kier alpha value is -1.07. The molecule has 0 saturated heterocycles. The Morgan fingerprint density at radius 2 is 2.57 bits per heavy atom. The molecule has 78 valence electrons. The number of aliphatic imine (C=N–C) groups is 1. The molecule has 0 amide bonds. The van der Waals surface area contributed by atoms with Crippen LogP contribution < -0.4 is 11.2 Å². The van der Waals surface area contributed by atoms with E-state index in [0.29, 0.717) is 0 Å². The first-order chi connectivity index (χ1) is 6.77. The fourth-order valence-electron chi connectivity index (χ4n) is 1.22. The first-order valence-electron chi connectivity index (χ1n) is 4.54. The Morgan fingerprint density at radius 3 is 3.07 bits per heavy atom. The fraction of sp³-hybridized carbons (Fsp3) is 0.444. The lowest BCUT2D eigenvalue weighted by atomic mass is 10.1. The van der Waals surface area contributed by atoms with Crippen LogP contribution in [0.3, 0.4) is 0 Å². The summed E-state index contributed by atoms with van der Waals surface area (Å²) in [7, 11) is 0. The van der Waals surface area contributed by atoms with Gasteiger partial charge in [0, 0.05) is 4.88 Å². The molecule has 1 unspecified atom stereocenters. The summed E-state index contributed by atoms with van der Waals surface area (Å²) in [6.07, 6.45) is 1.97. The molecule has 0 bridgehead atoms. The first kappa shape index (κ1) is 11.0. The number of nitrogens with zero attached hydrogens (tertiary/aromatic N) is 1. The van der Waals surface area contributed by atoms with Crippen molar-refractivity contribution in [2.24, 2.45) is 10.7 Å². The summed E-state index contributed by atoms with van der Waals surface area (Å²) in [5.74, 6) is 0.0665. The molecule has 0 aromatic carbocycles. The molecule has 5 heteroatoms. The Bertz CT molecular complexity index is 284. The van der Waals surface area contributed by atoms with Crippen molar-refractivity contribution in [1.82, 2.24) is 5.48 Å². The minimum Gasteiger partial charge on any atom is -0.368 e. The number of thiophene rings is 1. The van der Waals surface area contributed by atoms with E-state index in [4.69, 9.17) is 10.9 Å². The second kappa shape index (κ2) is 5.62. The molecule has 0 aliphatic rings. The highest BCUT2D eigenvalue weighted by Crippen LogP contribution is 2.26. The smallest absolute Gasteiger partial charge is 0.213 e. The van der Waals surface area contributed by atoms with Gasteiger partial charge in [-0.05, 0) is 17.9 Å². The van der Waals surface area contributed by atoms with Gasteiger partial charge in [-0.2, -0.15) is 0 Å². The summed E-state index contributed by atoms with van der Waals surface area (Å²) >= 11 is 1.65. The third kappa shape index (κ3) is 3.01. The summed E-state index contributed by atoms with van der Waals surface area (Å²) in [5.41, 5.74) is 7.25. The summed E-state index contributed by atoms with van der Waals surface area (Å²) in [4.78, 5) is 5.34. The van der Waals surface area contributed by atoms with Crippen molar-refractivity contribution in [2.45, 2.75) is 25.8 Å². The second-order valence-electron chi connectivity index (χ2n) is 2.95. The number of rotatable bonds is 4. The molecule has 0 saturated carbocycles. The van der Waals surface area contributed by atoms with Gasteiger partial charge in [-0.1, -0.05) is 19.4 Å². The van der Waals surface area contributed by atoms with Crippen LogP contribution in [0.25, 0.3) is 0 Å². The highest BCUT2D eigenvalue weighted by molar-refractivity contribution is 7.10. The van der Waals surface area contributed by atoms with E-state index >= 15 is 0 Å². The van der Waals surface area contributed by atoms with Crippen molar-refractivity contribution < 1.29 is 5.21 Å². The van der Waals surface area contributed by atoms with Crippen LogP contribution in [0.1, 0.15) is 30.7 Å². The van der Waals surface area contributed by atoms with E-state index in [9.17, 15) is 0 Å². The lowest BCUT2D eigenvalue weighted by Gasteiger charge is -2.09. The topological polar surface area (TPSA) is 70.6 Å². The Balaban J connectivity index is 2.75. The first-order valence-corrected chi connectivity index (χ1v) is 5.42. The zero-order valence-corrected chi connectivity index (χ0v) is 8.92. The number of hydrogen-bond acceptors (Lipinski definition) is 3. The van der Waals surface area contributed by atoms with Gasteiger partial charge in [0.2, 0.25) is 5.96 Å². The third-order valence-electron chi connectivity index (χ3n) is 1.84. The van der Waals surface area contributed by atoms with Gasteiger partial charge in [0.25, 0.3) is 0 Å². The van der Waals surface area contributed by atoms with Gasteiger partial charge in [-0.3, -0.25) is 5.21 Å². The molecule has 1 rings (SSSR count). The Morgan fingerprint density at radius 1 is 1.79 bits per heavy atom. The molecular weight excluding hydrogens is 198 g/mol. The van der Waals surface area contributed by atoms with E-state index in [1.54, 1.807) is 11.3 Å². The van der Waals surface area contributed by atoms with E-state index in [2.05, 4.69) is 11.9 Å². The van der Waals surface area contributed by atoms with E-state index < -0.39 is 0 Å². The maximum absolute atomic E-state index is 8.55. The number of guanidine groups is 1. The van der Waals surface area contributed by atoms with Crippen molar-refractivity contribution in [2.75, 3.05) is 0 Å². The van der Waals surface area contributed by atoms with Gasteiger partial charge >= 0.3 is 0 Å². The van der Waals surface area contributed by atoms with Crippen molar-refractivity contribution >= 4 is 17.3 Å². The SMILES string of the molecule is CCCC(N=C(N)NO)c1cccs1. The third-order valence-corrected chi connectivity index (χ3v) is 2.82. The minimum atomic E-state index is 0.0552. The molecule has 4 N–H and O–H groups in total. The lowest BCUT2D eigenvalue weighted by Crippen LogP contribution is -2.29. The average molecular weight is 213 g/mol. The maximum atomic E-state index is 8.55. The molecule has 0 aliphatic heterocycles. The van der Waals surface area contributed by atoms with Crippen LogP contribution in [0.15, 0.2) is 22.5 Å². The van der Waals surface area contributed by atoms with Gasteiger partial charge in [-0.15, -0.1) is 11.3 Å². The van der Waals surface area contributed by atoms with Crippen LogP contribution in [0.2, 0.25) is 0 Å². The number of nitrogens with one attached hydrogen (secondary N) is 1. The van der Waals surface area contributed by atoms with Crippen LogP contribution in [-0.4, -0.2) is 11.2 Å². The van der Waals surface area contributed by atoms with Gasteiger partial charge in [0.1, 0.15) is 0 Å². The molecule has 4 nitrogen and oxygen atoms in total. The Labute approximate surface area is 87.4 Å². The highest BCUT2D eigenvalue weighted by atomic mass is 32.1. The lowest BCUT2D eigenvalue weighted by molar-refractivity contribution is 0.232. The van der Waals surface area contributed by atoms with Crippen LogP contribution in [0.5, 0.6) is 0 Å². The quantitative estimate of drug-likeness (QED) is 0.406. The molecule has 1 atom stereocenters. The monoisotopic (exact) mass is 213 g/mol. The van der Waals surface area contributed by atoms with E-state index in [0.717, 1.165) is 12.8 Å². The summed E-state index contributed by atoms with van der Waals surface area (Å²) < 4.78 is 0. The fourth-order valence-corrected chi connectivity index (χ4v) is 2.02. The molecule has 14 heavy (non-hydrogen) atoms. The molecule has 1 aromatic rings. The molecule has 0 spiro atoms. The highest BCUT2D eigenvalue weighted by Gasteiger charge is 2.10. The number of hydrogen-bond donors (Lipinski definition) is 3. The van der Waals surface area contributed by atoms with Crippen molar-refractivity contribution in [3.63, 3.8) is 0 Å². The van der Waals surface area contributed by atoms with Crippen molar-refractivity contribution in [1.29, 1.82) is 0 Å². The number of nitrogens with two attached hydrogens (primary N) is 1. The van der Waals surface area contributed by atoms with Crippen molar-refractivity contribution in [3.8, 4) is 0 Å². The van der Waals surface area contributed by atoms with E-state index in [1.165, 1.54) is 4.88 Å². The number of hydroxylamine groups is 1. The standard InChI is InChI=1S/C9H15N3OS/c1-2-4-7(11-9(10)12-13)8-5-3-6-14-8/h3,5-7,13H,2,4H2,1H3,(H3,10,11,12). The molecule has 0 fully saturated rings. The zero-order valence-electron chi connectivity index (χ0n) is 8.10. The second-order valence-corrected chi connectivity index (χ2v) is 3.93. The predicted octanol–water partition coefficient (Wildman–Crippen LogP) is 1.88. The molecule has 1 aromatic heterocycles. The Kier molecular flexibility index (Phi) is 4.42. The zero-order chi connectivity index (χ0) is 10.4. The van der Waals surface area contributed by atoms with Crippen LogP contribution >= 0.6 is 11.3 Å². The van der Waals surface area contributed by atoms with Gasteiger partial charge in [-0.25, -0.2) is 10.5 Å². The van der Waals surface area contributed by atoms with Gasteiger partial charge in [0.05, 0.1) is 6.04 Å². The maximum Gasteiger partial charge on any atom is 0.213 e. The normalized spacial score (nSPS) is 14.0. The largest absolute Gasteiger partial charge is 0.368 e. The predicted molar refractivity (Wildman–Crippen MR) is 58.5 cm³/mol. The minimum absolute atomic E-state index is 0.0552. The van der Waals surface area contributed by atoms with Crippen LogP contribution in [0.4, 0.5) is 0 Å². The van der Waals surface area contributed by atoms with Gasteiger partial charge < -0.3 is 5.73 Å². The summed E-state index contributed by atoms with van der Waals surface area (Å²) in [6.45, 7) is 2.10.